The van der Waals surface area contributed by atoms with Gasteiger partial charge in [0.25, 0.3) is 5.91 Å². The van der Waals surface area contributed by atoms with Gasteiger partial charge >= 0.3 is 5.97 Å². The van der Waals surface area contributed by atoms with E-state index in [1.165, 1.54) is 0 Å². The highest BCUT2D eigenvalue weighted by molar-refractivity contribution is 7.09. The maximum Gasteiger partial charge on any atom is 0.336 e. The number of rotatable bonds is 3. The summed E-state index contributed by atoms with van der Waals surface area (Å²) in [5.41, 5.74) is -1.13. The molecule has 0 bridgehead atoms. The molecule has 0 saturated heterocycles. The Kier molecular flexibility index (Phi) is 3.70. The first kappa shape index (κ1) is 14.0. The lowest BCUT2D eigenvalue weighted by Crippen LogP contribution is -2.17. The summed E-state index contributed by atoms with van der Waals surface area (Å²) >= 11 is 0.886. The second-order valence-electron chi connectivity index (χ2n) is 3.72. The number of carboxylic acid groups (broad SMARTS) is 1. The van der Waals surface area contributed by atoms with E-state index in [-0.39, 0.29) is 5.13 Å². The predicted molar refractivity (Wildman–Crippen MR) is 65.9 cm³/mol. The van der Waals surface area contributed by atoms with E-state index in [1.807, 2.05) is 0 Å². The lowest BCUT2D eigenvalue weighted by atomic mass is 10.1. The van der Waals surface area contributed by atoms with Gasteiger partial charge in [-0.2, -0.15) is 4.37 Å². The van der Waals surface area contributed by atoms with Crippen molar-refractivity contribution in [1.82, 2.24) is 9.36 Å². The minimum atomic E-state index is -1.54. The lowest BCUT2D eigenvalue weighted by molar-refractivity contribution is 0.0691. The summed E-state index contributed by atoms with van der Waals surface area (Å²) in [6.07, 6.45) is 0. The Labute approximate surface area is 115 Å². The van der Waals surface area contributed by atoms with E-state index >= 15 is 0 Å². The van der Waals surface area contributed by atoms with Crippen LogP contribution in [0.25, 0.3) is 0 Å². The number of anilines is 1. The van der Waals surface area contributed by atoms with Crippen molar-refractivity contribution in [2.24, 2.45) is 0 Å². The average Bonchev–Trinajstić information content (AvgIpc) is 2.77. The van der Waals surface area contributed by atoms with Crippen LogP contribution in [-0.4, -0.2) is 26.3 Å². The van der Waals surface area contributed by atoms with Gasteiger partial charge in [0.2, 0.25) is 5.13 Å². The fraction of sp³-hybridized carbons (Fsp3) is 0.0909. The largest absolute Gasteiger partial charge is 0.478 e. The van der Waals surface area contributed by atoms with E-state index in [9.17, 15) is 18.4 Å². The molecule has 0 saturated carbocycles. The Bertz CT molecular complexity index is 702. The van der Waals surface area contributed by atoms with Crippen LogP contribution < -0.4 is 5.32 Å². The number of carbonyl (C=O) groups excluding carboxylic acids is 1. The van der Waals surface area contributed by atoms with Gasteiger partial charge in [0, 0.05) is 11.5 Å². The first-order valence-electron chi connectivity index (χ1n) is 5.22. The Morgan fingerprint density at radius 1 is 1.25 bits per heavy atom. The van der Waals surface area contributed by atoms with E-state index in [1.54, 1.807) is 6.92 Å². The molecule has 0 unspecified atom stereocenters. The topological polar surface area (TPSA) is 92.2 Å². The summed E-state index contributed by atoms with van der Waals surface area (Å²) in [6.45, 7) is 1.60. The molecule has 0 spiro atoms. The number of carbonyl (C=O) groups is 2. The number of hydrogen-bond donors (Lipinski definition) is 2. The Hall–Kier alpha value is -2.42. The van der Waals surface area contributed by atoms with Gasteiger partial charge in [-0.15, -0.1) is 0 Å². The molecule has 0 fully saturated rings. The van der Waals surface area contributed by atoms with Crippen molar-refractivity contribution in [2.45, 2.75) is 6.92 Å². The zero-order valence-electron chi connectivity index (χ0n) is 9.98. The quantitative estimate of drug-likeness (QED) is 0.905. The van der Waals surface area contributed by atoms with Crippen LogP contribution in [0, 0.1) is 18.6 Å². The molecule has 9 heteroatoms. The number of carboxylic acids is 1. The number of aromatic nitrogens is 2. The fourth-order valence-electron chi connectivity index (χ4n) is 1.42. The first-order valence-corrected chi connectivity index (χ1v) is 6.00. The number of hydrogen-bond acceptors (Lipinski definition) is 5. The molecule has 6 nitrogen and oxygen atoms in total. The molecule has 20 heavy (non-hydrogen) atoms. The van der Waals surface area contributed by atoms with E-state index in [0.717, 1.165) is 11.5 Å². The molecule has 0 radical (unpaired) electrons. The minimum Gasteiger partial charge on any atom is -0.478 e. The summed E-state index contributed by atoms with van der Waals surface area (Å²) in [7, 11) is 0. The molecule has 1 aromatic carbocycles. The van der Waals surface area contributed by atoms with Gasteiger partial charge in [-0.05, 0) is 19.1 Å². The number of benzene rings is 1. The van der Waals surface area contributed by atoms with Crippen LogP contribution in [-0.2, 0) is 0 Å². The molecule has 104 valence electrons. The SMILES string of the molecule is Cc1nsc(NC(=O)c2cc(F)c(F)cc2C(=O)O)n1. The summed E-state index contributed by atoms with van der Waals surface area (Å²) in [6, 6.07) is 0.986. The molecule has 0 aliphatic carbocycles. The third-order valence-electron chi connectivity index (χ3n) is 2.28. The van der Waals surface area contributed by atoms with Gasteiger partial charge in [0.15, 0.2) is 11.6 Å². The van der Waals surface area contributed by atoms with E-state index in [2.05, 4.69) is 14.7 Å². The summed E-state index contributed by atoms with van der Waals surface area (Å²) < 4.78 is 30.0. The van der Waals surface area contributed by atoms with Crippen LogP contribution in [0.4, 0.5) is 13.9 Å². The maximum absolute atomic E-state index is 13.2. The van der Waals surface area contributed by atoms with E-state index in [4.69, 9.17) is 5.11 Å². The fourth-order valence-corrected chi connectivity index (χ4v) is 1.99. The number of amides is 1. The molecule has 2 rings (SSSR count). The van der Waals surface area contributed by atoms with Crippen LogP contribution in [0.1, 0.15) is 26.5 Å². The molecule has 1 amide bonds. The maximum atomic E-state index is 13.2. The second kappa shape index (κ2) is 5.29. The molecule has 1 aromatic heterocycles. The smallest absolute Gasteiger partial charge is 0.336 e. The molecular formula is C11H7F2N3O3S. The summed E-state index contributed by atoms with van der Waals surface area (Å²) in [5.74, 6) is -4.67. The molecule has 0 aliphatic rings. The van der Waals surface area contributed by atoms with Crippen molar-refractivity contribution in [3.8, 4) is 0 Å². The zero-order chi connectivity index (χ0) is 14.9. The molecule has 2 N–H and O–H groups in total. The number of aryl methyl sites for hydroxylation is 1. The molecule has 2 aromatic rings. The second-order valence-corrected chi connectivity index (χ2v) is 4.47. The zero-order valence-corrected chi connectivity index (χ0v) is 10.8. The van der Waals surface area contributed by atoms with Gasteiger partial charge in [-0.25, -0.2) is 18.6 Å². The highest BCUT2D eigenvalue weighted by atomic mass is 32.1. The van der Waals surface area contributed by atoms with Crippen LogP contribution >= 0.6 is 11.5 Å². The Morgan fingerprint density at radius 2 is 1.85 bits per heavy atom. The van der Waals surface area contributed by atoms with Crippen LogP contribution in [0.3, 0.4) is 0 Å². The number of nitrogens with zero attached hydrogens (tertiary/aromatic N) is 2. The highest BCUT2D eigenvalue weighted by Gasteiger charge is 2.21. The molecule has 0 atom stereocenters. The standard InChI is InChI=1S/C11H7F2N3O3S/c1-4-14-11(20-16-4)15-9(17)5-2-7(12)8(13)3-6(5)10(18)19/h2-3H,1H3,(H,18,19)(H,14,15,16,17). The minimum absolute atomic E-state index is 0.133. The van der Waals surface area contributed by atoms with Crippen molar-refractivity contribution in [1.29, 1.82) is 0 Å². The van der Waals surface area contributed by atoms with Crippen LogP contribution in [0.5, 0.6) is 0 Å². The Morgan fingerprint density at radius 3 is 2.35 bits per heavy atom. The predicted octanol–water partition coefficient (Wildman–Crippen LogP) is 2.08. The van der Waals surface area contributed by atoms with Crippen molar-refractivity contribution >= 4 is 28.5 Å². The molecule has 1 heterocycles. The van der Waals surface area contributed by atoms with Gasteiger partial charge < -0.3 is 5.11 Å². The van der Waals surface area contributed by atoms with Gasteiger partial charge in [0.1, 0.15) is 5.82 Å². The first-order chi connectivity index (χ1) is 9.38. The third-order valence-corrected chi connectivity index (χ3v) is 3.01. The molecular weight excluding hydrogens is 292 g/mol. The monoisotopic (exact) mass is 299 g/mol. The number of nitrogens with one attached hydrogen (secondary N) is 1. The van der Waals surface area contributed by atoms with Crippen molar-refractivity contribution in [3.05, 3.63) is 40.7 Å². The highest BCUT2D eigenvalue weighted by Crippen LogP contribution is 2.18. The molecule has 0 aliphatic heterocycles. The van der Waals surface area contributed by atoms with Gasteiger partial charge in [-0.3, -0.25) is 10.1 Å². The van der Waals surface area contributed by atoms with E-state index in [0.29, 0.717) is 18.0 Å². The van der Waals surface area contributed by atoms with Crippen molar-refractivity contribution < 1.29 is 23.5 Å². The third kappa shape index (κ3) is 2.77. The summed E-state index contributed by atoms with van der Waals surface area (Å²) in [5, 5.41) is 11.3. The Balaban J connectivity index is 2.38. The van der Waals surface area contributed by atoms with Crippen molar-refractivity contribution in [3.63, 3.8) is 0 Å². The van der Waals surface area contributed by atoms with Crippen LogP contribution in [0.15, 0.2) is 12.1 Å². The lowest BCUT2D eigenvalue weighted by Gasteiger charge is -2.06. The average molecular weight is 299 g/mol. The van der Waals surface area contributed by atoms with Gasteiger partial charge in [-0.1, -0.05) is 0 Å². The number of halogens is 2. The van der Waals surface area contributed by atoms with Gasteiger partial charge in [0.05, 0.1) is 11.1 Å². The normalized spacial score (nSPS) is 10.3. The van der Waals surface area contributed by atoms with Crippen LogP contribution in [0.2, 0.25) is 0 Å². The van der Waals surface area contributed by atoms with Crippen molar-refractivity contribution in [2.75, 3.05) is 5.32 Å². The summed E-state index contributed by atoms with van der Waals surface area (Å²) in [4.78, 5) is 26.7. The van der Waals surface area contributed by atoms with E-state index < -0.39 is 34.6 Å². The number of aromatic carboxylic acids is 1.